The molecule has 0 aliphatic rings. The zero-order chi connectivity index (χ0) is 10.1. The normalized spacial score (nSPS) is 10.4. The van der Waals surface area contributed by atoms with Crippen LogP contribution >= 0.6 is 11.6 Å². The summed E-state index contributed by atoms with van der Waals surface area (Å²) in [6.07, 6.45) is 0. The molecule has 0 saturated heterocycles. The first kappa shape index (κ1) is 9.02. The Kier molecular flexibility index (Phi) is 2.13. The number of methoxy groups -OCH3 is 1. The number of ether oxygens (including phenoxy) is 1. The van der Waals surface area contributed by atoms with E-state index in [0.717, 1.165) is 0 Å². The highest BCUT2D eigenvalue weighted by Crippen LogP contribution is 2.26. The van der Waals surface area contributed by atoms with E-state index in [9.17, 15) is 4.79 Å². The third-order valence-electron chi connectivity index (χ3n) is 1.82. The van der Waals surface area contributed by atoms with Crippen molar-refractivity contribution in [3.63, 3.8) is 0 Å². The van der Waals surface area contributed by atoms with Crippen LogP contribution in [0.1, 0.15) is 10.6 Å². The third-order valence-corrected chi connectivity index (χ3v) is 2.14. The van der Waals surface area contributed by atoms with E-state index in [2.05, 4.69) is 9.89 Å². The zero-order valence-electron chi connectivity index (χ0n) is 7.28. The van der Waals surface area contributed by atoms with Crippen molar-refractivity contribution < 1.29 is 14.1 Å². The molecular weight excluding hydrogens is 206 g/mol. The Hall–Kier alpha value is -1.55. The molecule has 0 unspecified atom stereocenters. The molecule has 1 aromatic heterocycles. The fraction of sp³-hybridized carbons (Fsp3) is 0.111. The molecule has 0 atom stereocenters. The topological polar surface area (TPSA) is 52.3 Å². The summed E-state index contributed by atoms with van der Waals surface area (Å²) in [6.45, 7) is 0. The summed E-state index contributed by atoms with van der Waals surface area (Å²) in [5, 5.41) is 4.60. The van der Waals surface area contributed by atoms with Gasteiger partial charge in [-0.15, -0.1) is 0 Å². The van der Waals surface area contributed by atoms with Gasteiger partial charge in [-0.2, -0.15) is 0 Å². The smallest absolute Gasteiger partial charge is 0.377 e. The van der Waals surface area contributed by atoms with Crippen LogP contribution in [0, 0.1) is 0 Å². The lowest BCUT2D eigenvalue weighted by Gasteiger charge is -1.94. The van der Waals surface area contributed by atoms with Crippen LogP contribution in [0.2, 0.25) is 5.02 Å². The van der Waals surface area contributed by atoms with Crippen LogP contribution in [0.3, 0.4) is 0 Å². The SMILES string of the molecule is COC(=O)c1onc2cccc(Cl)c12. The van der Waals surface area contributed by atoms with Gasteiger partial charge in [0, 0.05) is 0 Å². The Morgan fingerprint density at radius 1 is 1.57 bits per heavy atom. The van der Waals surface area contributed by atoms with Gasteiger partial charge in [-0.1, -0.05) is 22.8 Å². The minimum absolute atomic E-state index is 0.0353. The lowest BCUT2D eigenvalue weighted by atomic mass is 10.2. The Bertz CT molecular complexity index is 492. The fourth-order valence-electron chi connectivity index (χ4n) is 1.19. The van der Waals surface area contributed by atoms with Crippen LogP contribution in [0.25, 0.3) is 10.9 Å². The van der Waals surface area contributed by atoms with Gasteiger partial charge in [0.25, 0.3) is 5.76 Å². The minimum atomic E-state index is -0.583. The number of carbonyl (C=O) groups is 1. The third kappa shape index (κ3) is 1.24. The fourth-order valence-corrected chi connectivity index (χ4v) is 1.44. The summed E-state index contributed by atoms with van der Waals surface area (Å²) in [5.41, 5.74) is 0.540. The molecule has 0 aliphatic carbocycles. The number of hydrogen-bond donors (Lipinski definition) is 0. The second kappa shape index (κ2) is 3.31. The molecule has 4 nitrogen and oxygen atoms in total. The molecule has 0 bridgehead atoms. The van der Waals surface area contributed by atoms with Gasteiger partial charge in [-0.25, -0.2) is 4.79 Å². The van der Waals surface area contributed by atoms with Gasteiger partial charge >= 0.3 is 5.97 Å². The first-order chi connectivity index (χ1) is 6.74. The predicted octanol–water partition coefficient (Wildman–Crippen LogP) is 2.27. The minimum Gasteiger partial charge on any atom is -0.463 e. The van der Waals surface area contributed by atoms with Crippen LogP contribution in [-0.4, -0.2) is 18.2 Å². The van der Waals surface area contributed by atoms with E-state index < -0.39 is 5.97 Å². The van der Waals surface area contributed by atoms with Crippen molar-refractivity contribution in [1.82, 2.24) is 5.16 Å². The average molecular weight is 212 g/mol. The molecule has 0 fully saturated rings. The number of hydrogen-bond acceptors (Lipinski definition) is 4. The maximum absolute atomic E-state index is 11.2. The number of nitrogens with zero attached hydrogens (tertiary/aromatic N) is 1. The lowest BCUT2D eigenvalue weighted by molar-refractivity contribution is 0.0558. The molecule has 0 spiro atoms. The molecular formula is C9H6ClNO3. The van der Waals surface area contributed by atoms with Crippen LogP contribution in [0.15, 0.2) is 22.7 Å². The van der Waals surface area contributed by atoms with Gasteiger partial charge in [0.05, 0.1) is 17.5 Å². The summed E-state index contributed by atoms with van der Waals surface area (Å²) in [6, 6.07) is 5.10. The first-order valence-electron chi connectivity index (χ1n) is 3.86. The summed E-state index contributed by atoms with van der Waals surface area (Å²) in [4.78, 5) is 11.2. The Morgan fingerprint density at radius 2 is 2.36 bits per heavy atom. The van der Waals surface area contributed by atoms with Crippen molar-refractivity contribution >= 4 is 28.5 Å². The maximum Gasteiger partial charge on any atom is 0.377 e. The predicted molar refractivity (Wildman–Crippen MR) is 50.4 cm³/mol. The van der Waals surface area contributed by atoms with Gasteiger partial charge in [0.2, 0.25) is 0 Å². The number of halogens is 1. The van der Waals surface area contributed by atoms with E-state index in [0.29, 0.717) is 15.9 Å². The van der Waals surface area contributed by atoms with Crippen molar-refractivity contribution in [2.45, 2.75) is 0 Å². The highest BCUT2D eigenvalue weighted by Gasteiger charge is 2.18. The van der Waals surface area contributed by atoms with Crippen LogP contribution in [-0.2, 0) is 4.74 Å². The lowest BCUT2D eigenvalue weighted by Crippen LogP contribution is -1.99. The number of fused-ring (bicyclic) bond motifs is 1. The van der Waals surface area contributed by atoms with Gasteiger partial charge in [0.15, 0.2) is 0 Å². The molecule has 0 N–H and O–H groups in total. The molecule has 0 amide bonds. The number of esters is 1. The summed E-state index contributed by atoms with van der Waals surface area (Å²) in [5.74, 6) is -0.547. The summed E-state index contributed by atoms with van der Waals surface area (Å²) in [7, 11) is 1.27. The second-order valence-electron chi connectivity index (χ2n) is 2.64. The highest BCUT2D eigenvalue weighted by molar-refractivity contribution is 6.36. The maximum atomic E-state index is 11.2. The quantitative estimate of drug-likeness (QED) is 0.679. The second-order valence-corrected chi connectivity index (χ2v) is 3.04. The van der Waals surface area contributed by atoms with E-state index in [1.165, 1.54) is 7.11 Å². The number of carbonyl (C=O) groups excluding carboxylic acids is 1. The van der Waals surface area contributed by atoms with Crippen molar-refractivity contribution in [2.75, 3.05) is 7.11 Å². The molecule has 0 saturated carbocycles. The Morgan fingerprint density at radius 3 is 3.07 bits per heavy atom. The number of rotatable bonds is 1. The molecule has 2 rings (SSSR count). The standard InChI is InChI=1S/C9H6ClNO3/c1-13-9(12)8-7-5(10)3-2-4-6(7)11-14-8/h2-4H,1H3. The van der Waals surface area contributed by atoms with Crippen LogP contribution in [0.5, 0.6) is 0 Å². The van der Waals surface area contributed by atoms with E-state index in [-0.39, 0.29) is 5.76 Å². The van der Waals surface area contributed by atoms with Crippen LogP contribution in [0.4, 0.5) is 0 Å². The summed E-state index contributed by atoms with van der Waals surface area (Å²) < 4.78 is 9.37. The van der Waals surface area contributed by atoms with Crippen molar-refractivity contribution in [1.29, 1.82) is 0 Å². The van der Waals surface area contributed by atoms with Gasteiger partial charge in [0.1, 0.15) is 5.52 Å². The molecule has 5 heteroatoms. The molecule has 2 aromatic rings. The molecule has 72 valence electrons. The van der Waals surface area contributed by atoms with E-state index in [1.807, 2.05) is 0 Å². The Balaban J connectivity index is 2.73. The average Bonchev–Trinajstić information content (AvgIpc) is 2.62. The number of benzene rings is 1. The molecule has 1 aromatic carbocycles. The molecule has 0 radical (unpaired) electrons. The molecule has 0 aliphatic heterocycles. The highest BCUT2D eigenvalue weighted by atomic mass is 35.5. The van der Waals surface area contributed by atoms with E-state index >= 15 is 0 Å². The molecule has 1 heterocycles. The first-order valence-corrected chi connectivity index (χ1v) is 4.24. The molecule has 14 heavy (non-hydrogen) atoms. The largest absolute Gasteiger partial charge is 0.463 e. The van der Waals surface area contributed by atoms with Gasteiger partial charge < -0.3 is 9.26 Å². The van der Waals surface area contributed by atoms with E-state index in [4.69, 9.17) is 16.1 Å². The number of aromatic nitrogens is 1. The van der Waals surface area contributed by atoms with Crippen molar-refractivity contribution in [3.8, 4) is 0 Å². The summed E-state index contributed by atoms with van der Waals surface area (Å²) >= 11 is 5.90. The van der Waals surface area contributed by atoms with Crippen LogP contribution < -0.4 is 0 Å². The zero-order valence-corrected chi connectivity index (χ0v) is 8.04. The van der Waals surface area contributed by atoms with Gasteiger partial charge in [-0.05, 0) is 12.1 Å². The van der Waals surface area contributed by atoms with Crippen molar-refractivity contribution in [2.24, 2.45) is 0 Å². The van der Waals surface area contributed by atoms with Crippen molar-refractivity contribution in [3.05, 3.63) is 29.0 Å². The Labute approximate surface area is 84.4 Å². The van der Waals surface area contributed by atoms with E-state index in [1.54, 1.807) is 18.2 Å². The monoisotopic (exact) mass is 211 g/mol. The van der Waals surface area contributed by atoms with Gasteiger partial charge in [-0.3, -0.25) is 0 Å².